The van der Waals surface area contributed by atoms with Crippen molar-refractivity contribution < 1.29 is 14.6 Å². The fourth-order valence-corrected chi connectivity index (χ4v) is 1.17. The highest BCUT2D eigenvalue weighted by Gasteiger charge is 2.36. The maximum absolute atomic E-state index is 11.5. The van der Waals surface area contributed by atoms with Gasteiger partial charge in [0.25, 0.3) is 0 Å². The first-order chi connectivity index (χ1) is 6.63. The molecule has 0 aromatic heterocycles. The average molecular weight is 199 g/mol. The second-order valence-electron chi connectivity index (χ2n) is 3.01. The first-order valence-electron chi connectivity index (χ1n) is 4.78. The Morgan fingerprint density at radius 1 is 1.29 bits per heavy atom. The molecule has 14 heavy (non-hydrogen) atoms. The molecule has 1 radical (unpaired) electrons. The second-order valence-corrected chi connectivity index (χ2v) is 3.01. The van der Waals surface area contributed by atoms with Crippen LogP contribution >= 0.6 is 0 Å². The molecule has 0 aliphatic heterocycles. The Bertz CT molecular complexity index is 163. The standard InChI is InChI=1S/C11H19O3/c1-5-8-13-11(7-3,10(4)12)14-9-6-2/h5-6,10H,1-2,7-9H2,3-4H3. The van der Waals surface area contributed by atoms with E-state index in [0.717, 1.165) is 0 Å². The van der Waals surface area contributed by atoms with Crippen molar-refractivity contribution in [1.29, 1.82) is 0 Å². The number of rotatable bonds is 8. The molecule has 81 valence electrons. The highest BCUT2D eigenvalue weighted by molar-refractivity contribution is 4.79. The van der Waals surface area contributed by atoms with Crippen LogP contribution in [0.1, 0.15) is 20.3 Å². The van der Waals surface area contributed by atoms with E-state index in [-0.39, 0.29) is 0 Å². The minimum absolute atomic E-state index is 0.317. The van der Waals surface area contributed by atoms with Gasteiger partial charge < -0.3 is 9.47 Å². The first kappa shape index (κ1) is 13.4. The summed E-state index contributed by atoms with van der Waals surface area (Å²) in [6.45, 7) is 11.1. The van der Waals surface area contributed by atoms with Crippen LogP contribution in [0.3, 0.4) is 0 Å². The zero-order chi connectivity index (χ0) is 11.0. The Morgan fingerprint density at radius 3 is 1.93 bits per heavy atom. The molecule has 1 atom stereocenters. The van der Waals surface area contributed by atoms with Gasteiger partial charge in [0.1, 0.15) is 6.10 Å². The molecule has 3 heteroatoms. The number of hydrogen-bond acceptors (Lipinski definition) is 2. The fourth-order valence-electron chi connectivity index (χ4n) is 1.17. The normalized spacial score (nSPS) is 13.6. The molecule has 0 rings (SSSR count). The van der Waals surface area contributed by atoms with Gasteiger partial charge in [-0.3, -0.25) is 0 Å². The molecule has 0 aromatic rings. The molecule has 0 saturated carbocycles. The lowest BCUT2D eigenvalue weighted by Crippen LogP contribution is -2.45. The quantitative estimate of drug-likeness (QED) is 0.444. The molecule has 0 heterocycles. The van der Waals surface area contributed by atoms with E-state index in [2.05, 4.69) is 13.2 Å². The van der Waals surface area contributed by atoms with Crippen LogP contribution in [0, 0.1) is 0 Å². The first-order valence-corrected chi connectivity index (χ1v) is 4.78. The average Bonchev–Trinajstić information content (AvgIpc) is 2.18. The van der Waals surface area contributed by atoms with Crippen molar-refractivity contribution in [2.24, 2.45) is 0 Å². The molecule has 0 aromatic carbocycles. The fraction of sp³-hybridized carbons (Fsp3) is 0.636. The minimum Gasteiger partial charge on any atom is -0.343 e. The summed E-state index contributed by atoms with van der Waals surface area (Å²) >= 11 is 0. The van der Waals surface area contributed by atoms with Gasteiger partial charge in [0.15, 0.2) is 5.79 Å². The summed E-state index contributed by atoms with van der Waals surface area (Å²) < 4.78 is 10.8. The third-order valence-corrected chi connectivity index (χ3v) is 2.00. The third-order valence-electron chi connectivity index (χ3n) is 2.00. The van der Waals surface area contributed by atoms with Crippen LogP contribution in [0.25, 0.3) is 0 Å². The smallest absolute Gasteiger partial charge is 0.197 e. The zero-order valence-electron chi connectivity index (χ0n) is 8.99. The van der Waals surface area contributed by atoms with Crippen molar-refractivity contribution in [3.8, 4) is 0 Å². The van der Waals surface area contributed by atoms with Gasteiger partial charge in [0.05, 0.1) is 13.2 Å². The Labute approximate surface area is 86.0 Å². The summed E-state index contributed by atoms with van der Waals surface area (Å²) in [6, 6.07) is 0. The minimum atomic E-state index is -1.05. The molecule has 1 unspecified atom stereocenters. The summed E-state index contributed by atoms with van der Waals surface area (Å²) in [5.41, 5.74) is 0. The monoisotopic (exact) mass is 199 g/mol. The highest BCUT2D eigenvalue weighted by atomic mass is 16.7. The van der Waals surface area contributed by atoms with Gasteiger partial charge in [0, 0.05) is 6.42 Å². The van der Waals surface area contributed by atoms with Crippen molar-refractivity contribution in [1.82, 2.24) is 0 Å². The van der Waals surface area contributed by atoms with Crippen molar-refractivity contribution in [3.05, 3.63) is 25.3 Å². The molecular weight excluding hydrogens is 180 g/mol. The summed E-state index contributed by atoms with van der Waals surface area (Å²) in [7, 11) is 0. The zero-order valence-corrected chi connectivity index (χ0v) is 8.99. The predicted molar refractivity (Wildman–Crippen MR) is 55.5 cm³/mol. The van der Waals surface area contributed by atoms with Crippen molar-refractivity contribution in [2.75, 3.05) is 13.2 Å². The molecular formula is C11H19O3. The van der Waals surface area contributed by atoms with E-state index in [1.807, 2.05) is 6.92 Å². The molecule has 0 aliphatic rings. The predicted octanol–water partition coefficient (Wildman–Crippen LogP) is 2.32. The van der Waals surface area contributed by atoms with Crippen molar-refractivity contribution >= 4 is 0 Å². The van der Waals surface area contributed by atoms with Crippen LogP contribution in [0.15, 0.2) is 25.3 Å². The maximum atomic E-state index is 11.5. The topological polar surface area (TPSA) is 38.4 Å². The Morgan fingerprint density at radius 2 is 1.71 bits per heavy atom. The molecule has 0 bridgehead atoms. The van der Waals surface area contributed by atoms with Crippen LogP contribution < -0.4 is 0 Å². The molecule has 0 fully saturated rings. The summed E-state index contributed by atoms with van der Waals surface area (Å²) in [5, 5.41) is 11.5. The van der Waals surface area contributed by atoms with Gasteiger partial charge in [-0.1, -0.05) is 19.1 Å². The summed E-state index contributed by atoms with van der Waals surface area (Å²) in [5.74, 6) is -1.05. The molecule has 0 N–H and O–H groups in total. The van der Waals surface area contributed by atoms with Gasteiger partial charge in [-0.15, -0.1) is 13.2 Å². The van der Waals surface area contributed by atoms with E-state index in [9.17, 15) is 5.11 Å². The Hall–Kier alpha value is -0.640. The van der Waals surface area contributed by atoms with Gasteiger partial charge in [0.2, 0.25) is 0 Å². The van der Waals surface area contributed by atoms with Crippen LogP contribution in [-0.4, -0.2) is 25.1 Å². The van der Waals surface area contributed by atoms with E-state index >= 15 is 0 Å². The molecule has 3 nitrogen and oxygen atoms in total. The SMILES string of the molecule is C=CCOC(CC)(OCC=C)C(C)[O]. The van der Waals surface area contributed by atoms with E-state index in [1.54, 1.807) is 12.2 Å². The van der Waals surface area contributed by atoms with Gasteiger partial charge in [-0.25, -0.2) is 5.11 Å². The van der Waals surface area contributed by atoms with Gasteiger partial charge >= 0.3 is 0 Å². The molecule has 0 amide bonds. The maximum Gasteiger partial charge on any atom is 0.197 e. The lowest BCUT2D eigenvalue weighted by Gasteiger charge is -2.33. The van der Waals surface area contributed by atoms with E-state index in [1.165, 1.54) is 6.92 Å². The van der Waals surface area contributed by atoms with Crippen molar-refractivity contribution in [2.45, 2.75) is 32.2 Å². The second kappa shape index (κ2) is 6.76. The molecule has 0 aliphatic carbocycles. The summed E-state index contributed by atoms with van der Waals surface area (Å²) in [6.07, 6.45) is 2.78. The van der Waals surface area contributed by atoms with Gasteiger partial charge in [-0.2, -0.15) is 0 Å². The number of ether oxygens (including phenoxy) is 2. The largest absolute Gasteiger partial charge is 0.343 e. The lowest BCUT2D eigenvalue weighted by molar-refractivity contribution is -0.282. The summed E-state index contributed by atoms with van der Waals surface area (Å²) in [4.78, 5) is 0. The number of hydrogen-bond donors (Lipinski definition) is 0. The van der Waals surface area contributed by atoms with Crippen LogP contribution in [0.2, 0.25) is 0 Å². The van der Waals surface area contributed by atoms with Gasteiger partial charge in [-0.05, 0) is 6.92 Å². The molecule has 0 saturated heterocycles. The van der Waals surface area contributed by atoms with Crippen LogP contribution in [-0.2, 0) is 14.6 Å². The van der Waals surface area contributed by atoms with E-state index in [4.69, 9.17) is 9.47 Å². The third kappa shape index (κ3) is 3.62. The Balaban J connectivity index is 4.41. The van der Waals surface area contributed by atoms with E-state index < -0.39 is 11.9 Å². The van der Waals surface area contributed by atoms with Crippen LogP contribution in [0.4, 0.5) is 0 Å². The van der Waals surface area contributed by atoms with Crippen molar-refractivity contribution in [3.63, 3.8) is 0 Å². The van der Waals surface area contributed by atoms with E-state index in [0.29, 0.717) is 19.6 Å². The molecule has 0 spiro atoms. The Kier molecular flexibility index (Phi) is 6.45. The lowest BCUT2D eigenvalue weighted by atomic mass is 10.1. The highest BCUT2D eigenvalue weighted by Crippen LogP contribution is 2.23. The van der Waals surface area contributed by atoms with Crippen LogP contribution in [0.5, 0.6) is 0 Å².